The van der Waals surface area contributed by atoms with Crippen LogP contribution in [0.5, 0.6) is 5.75 Å². The van der Waals surface area contributed by atoms with Crippen LogP contribution in [0.15, 0.2) is 54.6 Å². The minimum atomic E-state index is 0.259. The molecule has 0 bridgehead atoms. The van der Waals surface area contributed by atoms with Gasteiger partial charge >= 0.3 is 0 Å². The second-order valence-electron chi connectivity index (χ2n) is 6.42. The standard InChI is InChI=1S/C21H26N2O2/c24-21(23-15-5-2-6-16-23)13-14-22-19-9-11-20(12-10-19)25-17-18-7-3-1-4-8-18/h1,3-4,7-12,22H,2,5-6,13-17H2. The Morgan fingerprint density at radius 3 is 2.40 bits per heavy atom. The smallest absolute Gasteiger partial charge is 0.224 e. The number of benzene rings is 2. The highest BCUT2D eigenvalue weighted by Crippen LogP contribution is 2.17. The maximum absolute atomic E-state index is 12.1. The first-order chi connectivity index (χ1) is 12.3. The van der Waals surface area contributed by atoms with Crippen LogP contribution < -0.4 is 10.1 Å². The van der Waals surface area contributed by atoms with Gasteiger partial charge in [-0.05, 0) is 49.1 Å². The number of ether oxygens (including phenoxy) is 1. The molecule has 0 unspecified atom stereocenters. The van der Waals surface area contributed by atoms with E-state index in [-0.39, 0.29) is 5.91 Å². The lowest BCUT2D eigenvalue weighted by Gasteiger charge is -2.26. The number of likely N-dealkylation sites (tertiary alicyclic amines) is 1. The molecule has 0 aromatic heterocycles. The molecule has 0 radical (unpaired) electrons. The van der Waals surface area contributed by atoms with Gasteiger partial charge < -0.3 is 15.0 Å². The summed E-state index contributed by atoms with van der Waals surface area (Å²) in [5.41, 5.74) is 2.17. The Bertz CT molecular complexity index is 649. The summed E-state index contributed by atoms with van der Waals surface area (Å²) in [5.74, 6) is 1.11. The van der Waals surface area contributed by atoms with Crippen LogP contribution in [0.3, 0.4) is 0 Å². The minimum Gasteiger partial charge on any atom is -0.489 e. The van der Waals surface area contributed by atoms with Gasteiger partial charge in [0.05, 0.1) is 0 Å². The molecule has 4 nitrogen and oxygen atoms in total. The molecule has 1 aliphatic heterocycles. The van der Waals surface area contributed by atoms with Gasteiger partial charge in [-0.2, -0.15) is 0 Å². The number of hydrogen-bond acceptors (Lipinski definition) is 3. The van der Waals surface area contributed by atoms with Crippen molar-refractivity contribution in [3.63, 3.8) is 0 Å². The first-order valence-corrected chi connectivity index (χ1v) is 9.10. The average molecular weight is 338 g/mol. The zero-order valence-electron chi connectivity index (χ0n) is 14.6. The molecule has 4 heteroatoms. The molecule has 3 rings (SSSR count). The van der Waals surface area contributed by atoms with Crippen molar-refractivity contribution in [2.75, 3.05) is 25.0 Å². The van der Waals surface area contributed by atoms with E-state index in [1.54, 1.807) is 0 Å². The molecule has 1 fully saturated rings. The zero-order valence-corrected chi connectivity index (χ0v) is 14.6. The van der Waals surface area contributed by atoms with Gasteiger partial charge in [0.1, 0.15) is 12.4 Å². The number of carbonyl (C=O) groups excluding carboxylic acids is 1. The lowest BCUT2D eigenvalue weighted by atomic mass is 10.1. The second-order valence-corrected chi connectivity index (χ2v) is 6.42. The number of carbonyl (C=O) groups is 1. The molecular weight excluding hydrogens is 312 g/mol. The molecule has 0 spiro atoms. The van der Waals surface area contributed by atoms with Gasteiger partial charge in [-0.15, -0.1) is 0 Å². The molecule has 132 valence electrons. The topological polar surface area (TPSA) is 41.6 Å². The van der Waals surface area contributed by atoms with Crippen molar-refractivity contribution in [3.8, 4) is 5.75 Å². The van der Waals surface area contributed by atoms with E-state index < -0.39 is 0 Å². The van der Waals surface area contributed by atoms with Crippen molar-refractivity contribution < 1.29 is 9.53 Å². The molecular formula is C21H26N2O2. The Morgan fingerprint density at radius 1 is 0.960 bits per heavy atom. The quantitative estimate of drug-likeness (QED) is 0.827. The Morgan fingerprint density at radius 2 is 1.68 bits per heavy atom. The summed E-state index contributed by atoms with van der Waals surface area (Å²) >= 11 is 0. The molecule has 25 heavy (non-hydrogen) atoms. The zero-order chi connectivity index (χ0) is 17.3. The van der Waals surface area contributed by atoms with Crippen molar-refractivity contribution in [1.82, 2.24) is 4.90 Å². The molecule has 0 aliphatic carbocycles. The SMILES string of the molecule is O=C(CCNc1ccc(OCc2ccccc2)cc1)N1CCCCC1. The highest BCUT2D eigenvalue weighted by Gasteiger charge is 2.15. The summed E-state index contributed by atoms with van der Waals surface area (Å²) < 4.78 is 5.78. The molecule has 0 atom stereocenters. The summed E-state index contributed by atoms with van der Waals surface area (Å²) in [7, 11) is 0. The van der Waals surface area contributed by atoms with Gasteiger partial charge in [0.25, 0.3) is 0 Å². The number of anilines is 1. The minimum absolute atomic E-state index is 0.259. The van der Waals surface area contributed by atoms with E-state index in [2.05, 4.69) is 17.4 Å². The van der Waals surface area contributed by atoms with Crippen molar-refractivity contribution in [2.24, 2.45) is 0 Å². The fourth-order valence-corrected chi connectivity index (χ4v) is 3.03. The van der Waals surface area contributed by atoms with Gasteiger partial charge in [0.15, 0.2) is 0 Å². The van der Waals surface area contributed by atoms with Crippen LogP contribution in [0.1, 0.15) is 31.2 Å². The molecule has 1 N–H and O–H groups in total. The third-order valence-electron chi connectivity index (χ3n) is 4.48. The number of rotatable bonds is 7. The molecule has 1 amide bonds. The van der Waals surface area contributed by atoms with Crippen LogP contribution in [0, 0.1) is 0 Å². The summed E-state index contributed by atoms with van der Waals surface area (Å²) in [6, 6.07) is 18.0. The normalized spacial score (nSPS) is 14.2. The molecule has 1 aliphatic rings. The van der Waals surface area contributed by atoms with Crippen LogP contribution in [-0.2, 0) is 11.4 Å². The first-order valence-electron chi connectivity index (χ1n) is 9.10. The highest BCUT2D eigenvalue weighted by molar-refractivity contribution is 5.76. The highest BCUT2D eigenvalue weighted by atomic mass is 16.5. The van der Waals surface area contributed by atoms with Crippen molar-refractivity contribution in [3.05, 3.63) is 60.2 Å². The number of hydrogen-bond donors (Lipinski definition) is 1. The number of nitrogens with one attached hydrogen (secondary N) is 1. The van der Waals surface area contributed by atoms with E-state index in [9.17, 15) is 4.79 Å². The molecule has 2 aromatic carbocycles. The summed E-state index contributed by atoms with van der Waals surface area (Å²) in [5, 5.41) is 3.31. The maximum Gasteiger partial charge on any atom is 0.224 e. The number of nitrogens with zero attached hydrogens (tertiary/aromatic N) is 1. The number of amides is 1. The lowest BCUT2D eigenvalue weighted by molar-refractivity contribution is -0.131. The van der Waals surface area contributed by atoms with Gasteiger partial charge in [-0.3, -0.25) is 4.79 Å². The Kier molecular flexibility index (Phi) is 6.32. The first kappa shape index (κ1) is 17.3. The van der Waals surface area contributed by atoms with E-state index in [0.29, 0.717) is 19.6 Å². The average Bonchev–Trinajstić information content (AvgIpc) is 2.69. The van der Waals surface area contributed by atoms with Crippen LogP contribution in [-0.4, -0.2) is 30.4 Å². The third-order valence-corrected chi connectivity index (χ3v) is 4.48. The van der Waals surface area contributed by atoms with E-state index in [4.69, 9.17) is 4.74 Å². The maximum atomic E-state index is 12.1. The third kappa shape index (κ3) is 5.52. The van der Waals surface area contributed by atoms with E-state index >= 15 is 0 Å². The van der Waals surface area contributed by atoms with Crippen LogP contribution in [0.4, 0.5) is 5.69 Å². The largest absolute Gasteiger partial charge is 0.489 e. The Hall–Kier alpha value is -2.49. The van der Waals surface area contributed by atoms with Gasteiger partial charge in [-0.1, -0.05) is 30.3 Å². The summed E-state index contributed by atoms with van der Waals surface area (Å²) in [6.07, 6.45) is 4.08. The molecule has 0 saturated carbocycles. The second kappa shape index (κ2) is 9.11. The fraction of sp³-hybridized carbons (Fsp3) is 0.381. The lowest BCUT2D eigenvalue weighted by Crippen LogP contribution is -2.36. The Labute approximate surface area is 149 Å². The Balaban J connectivity index is 1.39. The molecule has 1 heterocycles. The van der Waals surface area contributed by atoms with Crippen LogP contribution in [0.25, 0.3) is 0 Å². The number of piperidine rings is 1. The predicted octanol–water partition coefficient (Wildman–Crippen LogP) is 4.08. The van der Waals surface area contributed by atoms with Crippen LogP contribution in [0.2, 0.25) is 0 Å². The monoisotopic (exact) mass is 338 g/mol. The summed E-state index contributed by atoms with van der Waals surface area (Å²) in [4.78, 5) is 14.1. The van der Waals surface area contributed by atoms with Gasteiger partial charge in [-0.25, -0.2) is 0 Å². The molecule has 2 aromatic rings. The van der Waals surface area contributed by atoms with Gasteiger partial charge in [0, 0.05) is 31.7 Å². The van der Waals surface area contributed by atoms with E-state index in [1.807, 2.05) is 47.4 Å². The van der Waals surface area contributed by atoms with E-state index in [0.717, 1.165) is 42.9 Å². The fourth-order valence-electron chi connectivity index (χ4n) is 3.03. The van der Waals surface area contributed by atoms with Gasteiger partial charge in [0.2, 0.25) is 5.91 Å². The van der Waals surface area contributed by atoms with Crippen molar-refractivity contribution in [2.45, 2.75) is 32.3 Å². The summed E-state index contributed by atoms with van der Waals surface area (Å²) in [6.45, 7) is 3.08. The van der Waals surface area contributed by atoms with E-state index in [1.165, 1.54) is 6.42 Å². The van der Waals surface area contributed by atoms with Crippen molar-refractivity contribution in [1.29, 1.82) is 0 Å². The van der Waals surface area contributed by atoms with Crippen molar-refractivity contribution >= 4 is 11.6 Å². The van der Waals surface area contributed by atoms with Crippen LogP contribution >= 0.6 is 0 Å². The predicted molar refractivity (Wildman–Crippen MR) is 101 cm³/mol. The molecule has 1 saturated heterocycles.